The Morgan fingerprint density at radius 2 is 1.65 bits per heavy atom. The molecule has 0 aromatic heterocycles. The van der Waals surface area contributed by atoms with Crippen LogP contribution in [-0.2, 0) is 4.74 Å². The zero-order chi connectivity index (χ0) is 19.7. The van der Waals surface area contributed by atoms with Gasteiger partial charge in [0.25, 0.3) is 0 Å². The van der Waals surface area contributed by atoms with E-state index in [9.17, 15) is 13.2 Å². The van der Waals surface area contributed by atoms with E-state index in [1.807, 2.05) is 32.6 Å². The first-order valence-corrected chi connectivity index (χ1v) is 10.4. The molecule has 3 nitrogen and oxygen atoms in total. The van der Waals surface area contributed by atoms with E-state index in [0.29, 0.717) is 25.1 Å². The fourth-order valence-electron chi connectivity index (χ4n) is 4.13. The minimum atomic E-state index is -4.13. The molecule has 1 saturated heterocycles. The van der Waals surface area contributed by atoms with Crippen molar-refractivity contribution in [1.82, 2.24) is 9.80 Å². The number of methoxy groups -OCH3 is 1. The predicted molar refractivity (Wildman–Crippen MR) is 101 cm³/mol. The third-order valence-corrected chi connectivity index (χ3v) is 5.82. The molecule has 2 rings (SSSR count). The molecule has 1 unspecified atom stereocenters. The lowest BCUT2D eigenvalue weighted by Crippen LogP contribution is -2.60. The van der Waals surface area contributed by atoms with Crippen LogP contribution in [0.3, 0.4) is 0 Å². The third kappa shape index (κ3) is 7.35. The van der Waals surface area contributed by atoms with Gasteiger partial charge >= 0.3 is 6.18 Å². The molecule has 2 aliphatic rings. The molecule has 0 amide bonds. The van der Waals surface area contributed by atoms with Crippen molar-refractivity contribution in [2.24, 2.45) is 5.92 Å². The average Bonchev–Trinajstić information content (AvgIpc) is 2.63. The van der Waals surface area contributed by atoms with Crippen LogP contribution in [0.5, 0.6) is 0 Å². The fourth-order valence-corrected chi connectivity index (χ4v) is 4.13. The summed E-state index contributed by atoms with van der Waals surface area (Å²) in [6.07, 6.45) is 2.68. The van der Waals surface area contributed by atoms with Gasteiger partial charge in [0.2, 0.25) is 0 Å². The molecule has 1 saturated carbocycles. The molecular weight excluding hydrogens is 341 g/mol. The normalized spacial score (nSPS) is 28.7. The number of hydrogen-bond donors (Lipinski definition) is 0. The van der Waals surface area contributed by atoms with Crippen LogP contribution in [0.15, 0.2) is 0 Å². The predicted octanol–water partition coefficient (Wildman–Crippen LogP) is 4.95. The summed E-state index contributed by atoms with van der Waals surface area (Å²) in [6.45, 7) is 9.89. The van der Waals surface area contributed by atoms with Crippen molar-refractivity contribution in [2.45, 2.75) is 90.6 Å². The van der Waals surface area contributed by atoms with E-state index in [4.69, 9.17) is 4.74 Å². The van der Waals surface area contributed by atoms with Gasteiger partial charge in [-0.1, -0.05) is 13.8 Å². The van der Waals surface area contributed by atoms with Gasteiger partial charge in [0.05, 0.1) is 6.10 Å². The van der Waals surface area contributed by atoms with Crippen LogP contribution in [0.2, 0.25) is 0 Å². The summed E-state index contributed by atoms with van der Waals surface area (Å²) in [4.78, 5) is 3.61. The quantitative estimate of drug-likeness (QED) is 0.648. The Hall–Kier alpha value is -0.330. The van der Waals surface area contributed by atoms with E-state index >= 15 is 0 Å². The molecule has 6 heteroatoms. The van der Waals surface area contributed by atoms with Gasteiger partial charge in [0.15, 0.2) is 0 Å². The first-order chi connectivity index (χ1) is 12.3. The number of ether oxygens (including phenoxy) is 1. The molecule has 1 atom stereocenters. The molecule has 0 aromatic carbocycles. The lowest BCUT2D eigenvalue weighted by Gasteiger charge is -2.43. The summed E-state index contributed by atoms with van der Waals surface area (Å²) in [6, 6.07) is -1.13. The van der Waals surface area contributed by atoms with Crippen LogP contribution in [0, 0.1) is 5.92 Å². The minimum Gasteiger partial charge on any atom is -0.381 e. The number of hydrogen-bond acceptors (Lipinski definition) is 3. The molecule has 26 heavy (non-hydrogen) atoms. The number of rotatable bonds is 6. The van der Waals surface area contributed by atoms with Gasteiger partial charge in [0.1, 0.15) is 6.04 Å². The highest BCUT2D eigenvalue weighted by molar-refractivity contribution is 4.88. The van der Waals surface area contributed by atoms with Crippen molar-refractivity contribution in [1.29, 1.82) is 0 Å². The third-order valence-electron chi connectivity index (χ3n) is 5.82. The summed E-state index contributed by atoms with van der Waals surface area (Å²) in [5.41, 5.74) is 0. The highest BCUT2D eigenvalue weighted by Crippen LogP contribution is 2.31. The van der Waals surface area contributed by atoms with Gasteiger partial charge in [-0.2, -0.15) is 13.2 Å². The summed E-state index contributed by atoms with van der Waals surface area (Å²) < 4.78 is 45.6. The Morgan fingerprint density at radius 3 is 2.15 bits per heavy atom. The number of halogens is 3. The average molecular weight is 381 g/mol. The highest BCUT2D eigenvalue weighted by Gasteiger charge is 2.46. The first kappa shape index (κ1) is 23.7. The van der Waals surface area contributed by atoms with Gasteiger partial charge < -0.3 is 4.74 Å². The molecular formula is C20H39F3N2O. The topological polar surface area (TPSA) is 15.7 Å². The zero-order valence-corrected chi connectivity index (χ0v) is 17.3. The van der Waals surface area contributed by atoms with E-state index in [1.165, 1.54) is 0 Å². The summed E-state index contributed by atoms with van der Waals surface area (Å²) >= 11 is 0. The molecule has 1 aliphatic carbocycles. The molecule has 2 fully saturated rings. The minimum absolute atomic E-state index is 0.111. The maximum Gasteiger partial charge on any atom is 0.405 e. The highest BCUT2D eigenvalue weighted by atomic mass is 19.4. The molecule has 1 heterocycles. The van der Waals surface area contributed by atoms with E-state index in [0.717, 1.165) is 45.1 Å². The second-order valence-electron chi connectivity index (χ2n) is 7.70. The maximum absolute atomic E-state index is 13.4. The lowest BCUT2D eigenvalue weighted by atomic mass is 9.84. The molecule has 0 aromatic rings. The van der Waals surface area contributed by atoms with Gasteiger partial charge in [-0.15, -0.1) is 0 Å². The molecule has 0 N–H and O–H groups in total. The summed E-state index contributed by atoms with van der Waals surface area (Å²) in [5, 5.41) is 0. The van der Waals surface area contributed by atoms with Crippen molar-refractivity contribution < 1.29 is 17.9 Å². The van der Waals surface area contributed by atoms with Crippen molar-refractivity contribution in [3.05, 3.63) is 0 Å². The molecule has 1 aliphatic heterocycles. The van der Waals surface area contributed by atoms with E-state index in [1.54, 1.807) is 12.0 Å². The van der Waals surface area contributed by atoms with Gasteiger partial charge in [0, 0.05) is 32.8 Å². The fraction of sp³-hybridized carbons (Fsp3) is 1.00. The Labute approximate surface area is 158 Å². The van der Waals surface area contributed by atoms with Gasteiger partial charge in [-0.25, -0.2) is 0 Å². The van der Waals surface area contributed by atoms with Crippen LogP contribution >= 0.6 is 0 Å². The number of nitrogens with zero attached hydrogens (tertiary/aromatic N) is 2. The Bertz CT molecular complexity index is 369. The SMILES string of the molecule is CC.COC1CCC(CCCN2CCN(C(C)C)CC2C(F)(F)F)CC1. The van der Waals surface area contributed by atoms with Crippen LogP contribution in [0.4, 0.5) is 13.2 Å². The molecule has 156 valence electrons. The lowest BCUT2D eigenvalue weighted by molar-refractivity contribution is -0.198. The second kappa shape index (κ2) is 11.5. The molecule has 0 bridgehead atoms. The van der Waals surface area contributed by atoms with Crippen LogP contribution in [-0.4, -0.2) is 67.5 Å². The standard InChI is InChI=1S/C18H33F3N2O.C2H6/c1-14(2)23-12-11-22(17(13-23)18(19,20)21)10-4-5-15-6-8-16(24-3)9-7-15;1-2/h14-17H,4-13H2,1-3H3;1-2H3. The van der Waals surface area contributed by atoms with Crippen LogP contribution in [0.25, 0.3) is 0 Å². The monoisotopic (exact) mass is 380 g/mol. The number of alkyl halides is 3. The second-order valence-corrected chi connectivity index (χ2v) is 7.70. The van der Waals surface area contributed by atoms with Crippen molar-refractivity contribution >= 4 is 0 Å². The van der Waals surface area contributed by atoms with E-state index in [2.05, 4.69) is 0 Å². The Kier molecular flexibility index (Phi) is 10.5. The maximum atomic E-state index is 13.4. The van der Waals surface area contributed by atoms with Gasteiger partial charge in [-0.05, 0) is 64.8 Å². The zero-order valence-electron chi connectivity index (χ0n) is 17.3. The summed E-state index contributed by atoms with van der Waals surface area (Å²) in [7, 11) is 1.76. The van der Waals surface area contributed by atoms with Crippen molar-refractivity contribution in [3.63, 3.8) is 0 Å². The Balaban J connectivity index is 0.00000163. The van der Waals surface area contributed by atoms with E-state index < -0.39 is 12.2 Å². The largest absolute Gasteiger partial charge is 0.405 e. The molecule has 0 spiro atoms. The van der Waals surface area contributed by atoms with Gasteiger partial charge in [-0.3, -0.25) is 9.80 Å². The number of piperazine rings is 1. The van der Waals surface area contributed by atoms with Crippen LogP contribution < -0.4 is 0 Å². The Morgan fingerprint density at radius 1 is 1.04 bits per heavy atom. The van der Waals surface area contributed by atoms with Crippen LogP contribution in [0.1, 0.15) is 66.2 Å². The summed E-state index contributed by atoms with van der Waals surface area (Å²) in [5.74, 6) is 0.665. The van der Waals surface area contributed by atoms with Crippen molar-refractivity contribution in [3.8, 4) is 0 Å². The van der Waals surface area contributed by atoms with Crippen molar-refractivity contribution in [2.75, 3.05) is 33.3 Å². The molecule has 0 radical (unpaired) electrons. The smallest absolute Gasteiger partial charge is 0.381 e. The van der Waals surface area contributed by atoms with E-state index in [-0.39, 0.29) is 12.6 Å². The first-order valence-electron chi connectivity index (χ1n) is 10.4.